The van der Waals surface area contributed by atoms with Gasteiger partial charge in [0, 0.05) is 0 Å². The van der Waals surface area contributed by atoms with E-state index in [0.29, 0.717) is 11.8 Å². The second-order valence-electron chi connectivity index (χ2n) is 2.09. The molecule has 0 aliphatic heterocycles. The summed E-state index contributed by atoms with van der Waals surface area (Å²) in [5.74, 6) is -0.571. The first-order valence-electron chi connectivity index (χ1n) is 3.50. The summed E-state index contributed by atoms with van der Waals surface area (Å²) in [6, 6.07) is 0. The van der Waals surface area contributed by atoms with E-state index in [1.54, 1.807) is 0 Å². The Kier molecular flexibility index (Phi) is 2.98. The van der Waals surface area contributed by atoms with E-state index >= 15 is 0 Å². The van der Waals surface area contributed by atoms with Gasteiger partial charge in [-0.1, -0.05) is 12.0 Å². The molecule has 0 aliphatic carbocycles. The van der Waals surface area contributed by atoms with E-state index in [-0.39, 0.29) is 5.01 Å². The van der Waals surface area contributed by atoms with Crippen LogP contribution < -0.4 is 10.5 Å². The number of rotatable bonds is 4. The number of aromatic nitrogens is 2. The number of hydrogen-bond acceptors (Lipinski definition) is 5. The van der Waals surface area contributed by atoms with E-state index in [0.717, 1.165) is 17.8 Å². The van der Waals surface area contributed by atoms with Crippen molar-refractivity contribution >= 4 is 17.2 Å². The van der Waals surface area contributed by atoms with Crippen LogP contribution in [0, 0.1) is 0 Å². The molecule has 66 valence electrons. The normalized spacial score (nSPS) is 9.75. The Hall–Kier alpha value is -1.17. The summed E-state index contributed by atoms with van der Waals surface area (Å²) in [5, 5.41) is 7.73. The summed E-state index contributed by atoms with van der Waals surface area (Å²) in [7, 11) is 0. The third kappa shape index (κ3) is 2.16. The van der Waals surface area contributed by atoms with E-state index < -0.39 is 5.91 Å². The summed E-state index contributed by atoms with van der Waals surface area (Å²) >= 11 is 1.06. The lowest BCUT2D eigenvalue weighted by molar-refractivity contribution is 0.0999. The summed E-state index contributed by atoms with van der Waals surface area (Å²) in [6.07, 6.45) is 0.894. The quantitative estimate of drug-likeness (QED) is 0.741. The Morgan fingerprint density at radius 1 is 1.67 bits per heavy atom. The first-order valence-corrected chi connectivity index (χ1v) is 4.31. The molecule has 0 saturated heterocycles. The number of ether oxygens (including phenoxy) is 1. The number of nitrogens with zero attached hydrogens (tertiary/aromatic N) is 2. The number of nitrogens with two attached hydrogens (primary N) is 1. The third-order valence-corrected chi connectivity index (χ3v) is 1.90. The highest BCUT2D eigenvalue weighted by atomic mass is 32.1. The molecule has 0 atom stereocenters. The van der Waals surface area contributed by atoms with Crippen molar-refractivity contribution in [3.8, 4) is 5.19 Å². The Morgan fingerprint density at radius 2 is 2.42 bits per heavy atom. The number of primary amides is 1. The van der Waals surface area contributed by atoms with Crippen molar-refractivity contribution < 1.29 is 9.53 Å². The van der Waals surface area contributed by atoms with Gasteiger partial charge in [-0.05, 0) is 17.8 Å². The zero-order chi connectivity index (χ0) is 8.97. The SMILES string of the molecule is CCCOc1nnc(C(N)=O)s1. The van der Waals surface area contributed by atoms with Gasteiger partial charge in [0.05, 0.1) is 6.61 Å². The van der Waals surface area contributed by atoms with Gasteiger partial charge >= 0.3 is 0 Å². The third-order valence-electron chi connectivity index (χ3n) is 1.05. The summed E-state index contributed by atoms with van der Waals surface area (Å²) < 4.78 is 5.12. The van der Waals surface area contributed by atoms with Gasteiger partial charge in [-0.3, -0.25) is 4.79 Å². The van der Waals surface area contributed by atoms with E-state index in [9.17, 15) is 4.79 Å². The van der Waals surface area contributed by atoms with Gasteiger partial charge in [-0.15, -0.1) is 5.10 Å². The first-order chi connectivity index (χ1) is 5.74. The molecule has 0 radical (unpaired) electrons. The molecule has 0 bridgehead atoms. The molecular formula is C6H9N3O2S. The molecule has 5 nitrogen and oxygen atoms in total. The van der Waals surface area contributed by atoms with E-state index in [2.05, 4.69) is 10.2 Å². The maximum absolute atomic E-state index is 10.6. The Labute approximate surface area is 73.6 Å². The van der Waals surface area contributed by atoms with Crippen molar-refractivity contribution in [3.05, 3.63) is 5.01 Å². The second kappa shape index (κ2) is 4.01. The van der Waals surface area contributed by atoms with Gasteiger partial charge in [0.1, 0.15) is 0 Å². The molecule has 1 amide bonds. The summed E-state index contributed by atoms with van der Waals surface area (Å²) in [4.78, 5) is 10.6. The van der Waals surface area contributed by atoms with Gasteiger partial charge in [0.15, 0.2) is 0 Å². The van der Waals surface area contributed by atoms with Crippen molar-refractivity contribution in [1.82, 2.24) is 10.2 Å². The fourth-order valence-corrected chi connectivity index (χ4v) is 1.13. The fourth-order valence-electron chi connectivity index (χ4n) is 0.557. The van der Waals surface area contributed by atoms with Gasteiger partial charge in [0.2, 0.25) is 5.01 Å². The van der Waals surface area contributed by atoms with Crippen LogP contribution in [0.25, 0.3) is 0 Å². The Bertz CT molecular complexity index is 274. The van der Waals surface area contributed by atoms with Crippen LogP contribution in [0.3, 0.4) is 0 Å². The van der Waals surface area contributed by atoms with Crippen molar-refractivity contribution in [1.29, 1.82) is 0 Å². The molecule has 2 N–H and O–H groups in total. The highest BCUT2D eigenvalue weighted by Gasteiger charge is 2.08. The van der Waals surface area contributed by atoms with Crippen molar-refractivity contribution in [2.75, 3.05) is 6.61 Å². The van der Waals surface area contributed by atoms with Crippen LogP contribution in [0.5, 0.6) is 5.19 Å². The average Bonchev–Trinajstić information content (AvgIpc) is 2.48. The largest absolute Gasteiger partial charge is 0.469 e. The molecule has 0 unspecified atom stereocenters. The van der Waals surface area contributed by atoms with Crippen LogP contribution >= 0.6 is 11.3 Å². The maximum atomic E-state index is 10.6. The molecule has 1 rings (SSSR count). The minimum Gasteiger partial charge on any atom is -0.469 e. The lowest BCUT2D eigenvalue weighted by Crippen LogP contribution is -2.10. The number of carbonyl (C=O) groups excluding carboxylic acids is 1. The monoisotopic (exact) mass is 187 g/mol. The molecule has 1 aromatic heterocycles. The zero-order valence-corrected chi connectivity index (χ0v) is 7.43. The molecule has 1 heterocycles. The molecule has 1 aromatic rings. The lowest BCUT2D eigenvalue weighted by atomic mass is 10.5. The minimum atomic E-state index is -0.571. The highest BCUT2D eigenvalue weighted by Crippen LogP contribution is 2.16. The Morgan fingerprint density at radius 3 is 2.92 bits per heavy atom. The number of carbonyl (C=O) groups is 1. The highest BCUT2D eigenvalue weighted by molar-refractivity contribution is 7.14. The van der Waals surface area contributed by atoms with Gasteiger partial charge in [-0.2, -0.15) is 0 Å². The molecule has 0 fully saturated rings. The van der Waals surface area contributed by atoms with Gasteiger partial charge < -0.3 is 10.5 Å². The zero-order valence-electron chi connectivity index (χ0n) is 6.61. The number of hydrogen-bond donors (Lipinski definition) is 1. The second-order valence-corrected chi connectivity index (χ2v) is 3.03. The van der Waals surface area contributed by atoms with Crippen molar-refractivity contribution in [2.45, 2.75) is 13.3 Å². The van der Waals surface area contributed by atoms with Crippen LogP contribution in [0.4, 0.5) is 0 Å². The molecule has 12 heavy (non-hydrogen) atoms. The fraction of sp³-hybridized carbons (Fsp3) is 0.500. The topological polar surface area (TPSA) is 78.1 Å². The van der Waals surface area contributed by atoms with E-state index in [1.165, 1.54) is 0 Å². The Balaban J connectivity index is 2.58. The standard InChI is InChI=1S/C6H9N3O2S/c1-2-3-11-6-9-8-5(12-6)4(7)10/h2-3H2,1H3,(H2,7,10). The number of amides is 1. The van der Waals surface area contributed by atoms with Crippen LogP contribution in [0.1, 0.15) is 23.1 Å². The molecule has 0 aliphatic rings. The predicted molar refractivity (Wildman–Crippen MR) is 44.2 cm³/mol. The van der Waals surface area contributed by atoms with Crippen LogP contribution in [-0.2, 0) is 0 Å². The van der Waals surface area contributed by atoms with E-state index in [1.807, 2.05) is 6.92 Å². The average molecular weight is 187 g/mol. The smallest absolute Gasteiger partial charge is 0.294 e. The lowest BCUT2D eigenvalue weighted by Gasteiger charge is -1.94. The van der Waals surface area contributed by atoms with E-state index in [4.69, 9.17) is 10.5 Å². The predicted octanol–water partition coefficient (Wildman–Crippen LogP) is 0.426. The van der Waals surface area contributed by atoms with Gasteiger partial charge in [0.25, 0.3) is 11.1 Å². The van der Waals surface area contributed by atoms with Crippen LogP contribution in [-0.4, -0.2) is 22.7 Å². The minimum absolute atomic E-state index is 0.182. The molecule has 0 spiro atoms. The maximum Gasteiger partial charge on any atom is 0.294 e. The van der Waals surface area contributed by atoms with Crippen molar-refractivity contribution in [2.24, 2.45) is 5.73 Å². The first kappa shape index (κ1) is 8.92. The molecular weight excluding hydrogens is 178 g/mol. The van der Waals surface area contributed by atoms with Crippen LogP contribution in [0.15, 0.2) is 0 Å². The summed E-state index contributed by atoms with van der Waals surface area (Å²) in [6.45, 7) is 2.56. The van der Waals surface area contributed by atoms with Crippen molar-refractivity contribution in [3.63, 3.8) is 0 Å². The molecule has 0 aromatic carbocycles. The van der Waals surface area contributed by atoms with Gasteiger partial charge in [-0.25, -0.2) is 0 Å². The molecule has 0 saturated carbocycles. The molecule has 6 heteroatoms. The van der Waals surface area contributed by atoms with Crippen LogP contribution in [0.2, 0.25) is 0 Å². The summed E-state index contributed by atoms with van der Waals surface area (Å²) in [5.41, 5.74) is 4.97.